The van der Waals surface area contributed by atoms with E-state index >= 15 is 0 Å². The summed E-state index contributed by atoms with van der Waals surface area (Å²) in [7, 11) is 1.94. The summed E-state index contributed by atoms with van der Waals surface area (Å²) in [5, 5.41) is 2.75. The molecule has 0 saturated heterocycles. The summed E-state index contributed by atoms with van der Waals surface area (Å²) < 4.78 is 5.54. The third-order valence-corrected chi connectivity index (χ3v) is 2.93. The lowest BCUT2D eigenvalue weighted by Crippen LogP contribution is -2.23. The first-order valence-electron chi connectivity index (χ1n) is 6.61. The maximum atomic E-state index is 11.6. The highest BCUT2D eigenvalue weighted by molar-refractivity contribution is 5.93. The molecule has 0 aliphatic heterocycles. The van der Waals surface area contributed by atoms with Gasteiger partial charge in [0.25, 0.3) is 5.91 Å². The van der Waals surface area contributed by atoms with Crippen LogP contribution in [0.5, 0.6) is 0 Å². The lowest BCUT2D eigenvalue weighted by atomic mass is 10.2. The summed E-state index contributed by atoms with van der Waals surface area (Å²) in [6, 6.07) is 7.50. The number of hydrogen-bond acceptors (Lipinski definition) is 4. The van der Waals surface area contributed by atoms with Gasteiger partial charge in [-0.25, -0.2) is 4.98 Å². The Balaban J connectivity index is 2.03. The average Bonchev–Trinajstić information content (AvgIpc) is 2.84. The van der Waals surface area contributed by atoms with E-state index in [4.69, 9.17) is 4.42 Å². The van der Waals surface area contributed by atoms with Crippen LogP contribution in [0.25, 0.3) is 0 Å². The topological polar surface area (TPSA) is 58.4 Å². The average molecular weight is 273 g/mol. The maximum Gasteiger partial charge on any atom is 0.252 e. The van der Waals surface area contributed by atoms with Crippen LogP contribution in [0.1, 0.15) is 28.8 Å². The highest BCUT2D eigenvalue weighted by Gasteiger charge is 2.08. The molecular weight excluding hydrogens is 254 g/mol. The van der Waals surface area contributed by atoms with E-state index in [-0.39, 0.29) is 5.91 Å². The van der Waals surface area contributed by atoms with Crippen LogP contribution in [0.2, 0.25) is 0 Å². The normalized spacial score (nSPS) is 10.3. The van der Waals surface area contributed by atoms with E-state index in [1.54, 1.807) is 12.3 Å². The summed E-state index contributed by atoms with van der Waals surface area (Å²) in [6.07, 6.45) is 1.59. The molecular formula is C15H19N3O2. The summed E-state index contributed by atoms with van der Waals surface area (Å²) in [5.74, 6) is 2.48. The molecule has 2 heterocycles. The van der Waals surface area contributed by atoms with E-state index in [0.717, 1.165) is 17.3 Å². The molecule has 5 nitrogen and oxygen atoms in total. The number of carbonyl (C=O) groups excluding carboxylic acids is 1. The van der Waals surface area contributed by atoms with E-state index in [9.17, 15) is 4.79 Å². The molecule has 0 aliphatic carbocycles. The molecule has 106 valence electrons. The van der Waals surface area contributed by atoms with Gasteiger partial charge in [-0.2, -0.15) is 0 Å². The molecule has 2 aromatic rings. The number of nitrogens with one attached hydrogen (secondary N) is 1. The largest absolute Gasteiger partial charge is 0.464 e. The quantitative estimate of drug-likeness (QED) is 0.908. The van der Waals surface area contributed by atoms with Gasteiger partial charge >= 0.3 is 0 Å². The van der Waals surface area contributed by atoms with Crippen molar-refractivity contribution in [1.82, 2.24) is 10.3 Å². The Morgan fingerprint density at radius 3 is 2.70 bits per heavy atom. The second-order valence-corrected chi connectivity index (χ2v) is 4.63. The van der Waals surface area contributed by atoms with Crippen molar-refractivity contribution in [3.63, 3.8) is 0 Å². The van der Waals surface area contributed by atoms with E-state index < -0.39 is 0 Å². The van der Waals surface area contributed by atoms with E-state index in [1.807, 2.05) is 44.0 Å². The molecule has 0 saturated carbocycles. The van der Waals surface area contributed by atoms with Crippen molar-refractivity contribution in [1.29, 1.82) is 0 Å². The maximum absolute atomic E-state index is 11.6. The van der Waals surface area contributed by atoms with Gasteiger partial charge in [0, 0.05) is 19.8 Å². The molecule has 0 aromatic carbocycles. The van der Waals surface area contributed by atoms with Crippen molar-refractivity contribution in [2.75, 3.05) is 18.5 Å². The Kier molecular flexibility index (Phi) is 4.40. The Morgan fingerprint density at radius 1 is 1.35 bits per heavy atom. The van der Waals surface area contributed by atoms with Crippen LogP contribution in [0.4, 0.5) is 5.82 Å². The fourth-order valence-corrected chi connectivity index (χ4v) is 1.89. The lowest BCUT2D eigenvalue weighted by Gasteiger charge is -2.16. The summed E-state index contributed by atoms with van der Waals surface area (Å²) in [6.45, 7) is 5.06. The lowest BCUT2D eigenvalue weighted by molar-refractivity contribution is 0.0955. The molecule has 0 aliphatic rings. The van der Waals surface area contributed by atoms with Crippen molar-refractivity contribution < 1.29 is 9.21 Å². The highest BCUT2D eigenvalue weighted by atomic mass is 16.3. The molecule has 5 heteroatoms. The third-order valence-electron chi connectivity index (χ3n) is 2.93. The van der Waals surface area contributed by atoms with Gasteiger partial charge < -0.3 is 14.6 Å². The monoisotopic (exact) mass is 273 g/mol. The number of hydrogen-bond donors (Lipinski definition) is 1. The molecule has 0 unspecified atom stereocenters. The molecule has 0 bridgehead atoms. The molecule has 20 heavy (non-hydrogen) atoms. The first-order valence-corrected chi connectivity index (χ1v) is 6.61. The van der Waals surface area contributed by atoms with E-state index in [1.165, 1.54) is 0 Å². The van der Waals surface area contributed by atoms with Gasteiger partial charge in [0.15, 0.2) is 0 Å². The van der Waals surface area contributed by atoms with Gasteiger partial charge in [-0.15, -0.1) is 0 Å². The van der Waals surface area contributed by atoms with Crippen molar-refractivity contribution in [2.24, 2.45) is 0 Å². The van der Waals surface area contributed by atoms with Crippen LogP contribution in [0.15, 0.2) is 34.9 Å². The van der Waals surface area contributed by atoms with Crippen molar-refractivity contribution >= 4 is 11.7 Å². The van der Waals surface area contributed by atoms with Gasteiger partial charge in [0.2, 0.25) is 0 Å². The van der Waals surface area contributed by atoms with E-state index in [0.29, 0.717) is 18.7 Å². The van der Waals surface area contributed by atoms with Crippen LogP contribution in [0, 0.1) is 6.92 Å². The fraction of sp³-hybridized carbons (Fsp3) is 0.333. The van der Waals surface area contributed by atoms with Crippen LogP contribution in [-0.4, -0.2) is 24.5 Å². The first kappa shape index (κ1) is 14.1. The minimum absolute atomic E-state index is 0.101. The molecule has 0 atom stereocenters. The van der Waals surface area contributed by atoms with Gasteiger partial charge in [-0.3, -0.25) is 4.79 Å². The molecule has 2 rings (SSSR count). The van der Waals surface area contributed by atoms with Gasteiger partial charge in [0.1, 0.15) is 17.3 Å². The Bertz CT molecular complexity index is 575. The summed E-state index contributed by atoms with van der Waals surface area (Å²) in [4.78, 5) is 17.9. The SMILES string of the molecule is CCNC(=O)c1ccc(N(C)Cc2ccc(C)o2)nc1. The van der Waals surface area contributed by atoms with Crippen LogP contribution < -0.4 is 10.2 Å². The molecule has 0 spiro atoms. The minimum Gasteiger partial charge on any atom is -0.464 e. The van der Waals surface area contributed by atoms with Crippen LogP contribution >= 0.6 is 0 Å². The van der Waals surface area contributed by atoms with Gasteiger partial charge in [-0.1, -0.05) is 0 Å². The predicted octanol–water partition coefficient (Wildman–Crippen LogP) is 2.37. The molecule has 2 aromatic heterocycles. The standard InChI is InChI=1S/C15H19N3O2/c1-4-16-15(19)12-6-8-14(17-9-12)18(3)10-13-7-5-11(2)20-13/h5-9H,4,10H2,1-3H3,(H,16,19). The number of aryl methyl sites for hydroxylation is 1. The number of anilines is 1. The zero-order chi connectivity index (χ0) is 14.5. The number of pyridine rings is 1. The number of nitrogens with zero attached hydrogens (tertiary/aromatic N) is 2. The number of carbonyl (C=O) groups is 1. The number of aromatic nitrogens is 1. The fourth-order valence-electron chi connectivity index (χ4n) is 1.89. The number of amides is 1. The smallest absolute Gasteiger partial charge is 0.252 e. The highest BCUT2D eigenvalue weighted by Crippen LogP contribution is 2.15. The summed E-state index contributed by atoms with van der Waals surface area (Å²) >= 11 is 0. The van der Waals surface area contributed by atoms with Crippen molar-refractivity contribution in [2.45, 2.75) is 20.4 Å². The molecule has 0 radical (unpaired) electrons. The van der Waals surface area contributed by atoms with Crippen LogP contribution in [-0.2, 0) is 6.54 Å². The Morgan fingerprint density at radius 2 is 2.15 bits per heavy atom. The first-order chi connectivity index (χ1) is 9.60. The van der Waals surface area contributed by atoms with Crippen molar-refractivity contribution in [3.8, 4) is 0 Å². The zero-order valence-corrected chi connectivity index (χ0v) is 12.0. The second kappa shape index (κ2) is 6.23. The van der Waals surface area contributed by atoms with E-state index in [2.05, 4.69) is 10.3 Å². The third kappa shape index (κ3) is 3.38. The minimum atomic E-state index is -0.101. The second-order valence-electron chi connectivity index (χ2n) is 4.63. The van der Waals surface area contributed by atoms with Gasteiger partial charge in [-0.05, 0) is 38.1 Å². The number of furan rings is 1. The molecule has 1 amide bonds. The predicted molar refractivity (Wildman–Crippen MR) is 77.8 cm³/mol. The van der Waals surface area contributed by atoms with Crippen LogP contribution in [0.3, 0.4) is 0 Å². The number of rotatable bonds is 5. The van der Waals surface area contributed by atoms with Crippen molar-refractivity contribution in [3.05, 3.63) is 47.5 Å². The Hall–Kier alpha value is -2.30. The zero-order valence-electron chi connectivity index (χ0n) is 12.0. The molecule has 1 N–H and O–H groups in total. The van der Waals surface area contributed by atoms with Gasteiger partial charge in [0.05, 0.1) is 12.1 Å². The molecule has 0 fully saturated rings. The Labute approximate surface area is 118 Å². The summed E-state index contributed by atoms with van der Waals surface area (Å²) in [5.41, 5.74) is 0.567.